The van der Waals surface area contributed by atoms with E-state index in [9.17, 15) is 18.0 Å². The number of nitrogens with zero attached hydrogens (tertiary/aromatic N) is 1. The third kappa shape index (κ3) is 6.43. The Bertz CT molecular complexity index is 1210. The number of esters is 1. The van der Waals surface area contributed by atoms with Crippen LogP contribution in [0, 0.1) is 0 Å². The van der Waals surface area contributed by atoms with Gasteiger partial charge in [-0.25, -0.2) is 18.4 Å². The smallest absolute Gasteiger partial charge is 0.342 e. The molecule has 8 nitrogen and oxygen atoms in total. The molecule has 34 heavy (non-hydrogen) atoms. The molecule has 0 spiro atoms. The largest absolute Gasteiger partial charge is 0.496 e. The molecule has 2 N–H and O–H groups in total. The summed E-state index contributed by atoms with van der Waals surface area (Å²) < 4.78 is 34.0. The van der Waals surface area contributed by atoms with Gasteiger partial charge in [0.15, 0.2) is 6.10 Å². The Morgan fingerprint density at radius 1 is 0.912 bits per heavy atom. The lowest BCUT2D eigenvalue weighted by molar-refractivity contribution is -0.141. The SMILES string of the molecule is COc1ccc(S(N)(=O)=O)cc1C(=O)OC(C)C(=O)N(Cc1ccccc1)Cc1ccccc1. The van der Waals surface area contributed by atoms with E-state index in [1.165, 1.54) is 26.2 Å². The maximum absolute atomic E-state index is 13.3. The van der Waals surface area contributed by atoms with E-state index >= 15 is 0 Å². The quantitative estimate of drug-likeness (QED) is 0.469. The summed E-state index contributed by atoms with van der Waals surface area (Å²) in [6.07, 6.45) is -1.14. The summed E-state index contributed by atoms with van der Waals surface area (Å²) in [5.41, 5.74) is 1.70. The van der Waals surface area contributed by atoms with Crippen molar-refractivity contribution < 1.29 is 27.5 Å². The van der Waals surface area contributed by atoms with Crippen molar-refractivity contribution in [1.29, 1.82) is 0 Å². The molecule has 9 heteroatoms. The lowest BCUT2D eigenvalue weighted by Gasteiger charge is -2.26. The fourth-order valence-electron chi connectivity index (χ4n) is 3.37. The summed E-state index contributed by atoms with van der Waals surface area (Å²) in [6.45, 7) is 2.11. The molecule has 3 aromatic rings. The minimum Gasteiger partial charge on any atom is -0.496 e. The second-order valence-corrected chi connectivity index (χ2v) is 9.18. The molecule has 0 aliphatic carbocycles. The summed E-state index contributed by atoms with van der Waals surface area (Å²) in [4.78, 5) is 27.5. The number of primary sulfonamides is 1. The number of hydrogen-bond acceptors (Lipinski definition) is 6. The molecule has 0 saturated carbocycles. The Labute approximate surface area is 199 Å². The number of carbonyl (C=O) groups is 2. The van der Waals surface area contributed by atoms with E-state index in [4.69, 9.17) is 14.6 Å². The number of benzene rings is 3. The molecule has 0 fully saturated rings. The van der Waals surface area contributed by atoms with Gasteiger partial charge < -0.3 is 14.4 Å². The predicted molar refractivity (Wildman–Crippen MR) is 126 cm³/mol. The molecule has 1 atom stereocenters. The molecule has 0 aliphatic rings. The van der Waals surface area contributed by atoms with Crippen LogP contribution in [-0.2, 0) is 32.6 Å². The standard InChI is InChI=1S/C25H26N2O6S/c1-18(33-25(29)22-15-21(34(26,30)31)13-14-23(22)32-2)24(28)27(16-19-9-5-3-6-10-19)17-20-11-7-4-8-12-20/h3-15,18H,16-17H2,1-2H3,(H2,26,30,31). The first-order valence-corrected chi connectivity index (χ1v) is 12.0. The zero-order chi connectivity index (χ0) is 24.7. The van der Waals surface area contributed by atoms with E-state index in [2.05, 4.69) is 0 Å². The lowest BCUT2D eigenvalue weighted by atomic mass is 10.1. The van der Waals surface area contributed by atoms with Crippen molar-refractivity contribution in [3.8, 4) is 5.75 Å². The van der Waals surface area contributed by atoms with Gasteiger partial charge in [-0.15, -0.1) is 0 Å². The van der Waals surface area contributed by atoms with E-state index in [1.54, 1.807) is 4.90 Å². The molecular weight excluding hydrogens is 456 g/mol. The number of carbonyl (C=O) groups excluding carboxylic acids is 2. The third-order valence-electron chi connectivity index (χ3n) is 5.10. The van der Waals surface area contributed by atoms with Crippen LogP contribution in [0.4, 0.5) is 0 Å². The van der Waals surface area contributed by atoms with Crippen molar-refractivity contribution in [2.45, 2.75) is 31.0 Å². The Hall–Kier alpha value is -3.69. The Kier molecular flexibility index (Phi) is 8.04. The van der Waals surface area contributed by atoms with Crippen LogP contribution >= 0.6 is 0 Å². The van der Waals surface area contributed by atoms with Crippen LogP contribution in [0.5, 0.6) is 5.75 Å². The first-order chi connectivity index (χ1) is 16.2. The zero-order valence-electron chi connectivity index (χ0n) is 18.9. The number of ether oxygens (including phenoxy) is 2. The molecule has 0 radical (unpaired) electrons. The molecule has 0 aromatic heterocycles. The monoisotopic (exact) mass is 482 g/mol. The average Bonchev–Trinajstić information content (AvgIpc) is 2.83. The van der Waals surface area contributed by atoms with Crippen molar-refractivity contribution in [3.63, 3.8) is 0 Å². The van der Waals surface area contributed by atoms with E-state index < -0.39 is 28.0 Å². The minimum absolute atomic E-state index is 0.0995. The Morgan fingerprint density at radius 3 is 1.91 bits per heavy atom. The molecular formula is C25H26N2O6S. The highest BCUT2D eigenvalue weighted by Crippen LogP contribution is 2.24. The van der Waals surface area contributed by atoms with Crippen molar-refractivity contribution in [3.05, 3.63) is 95.6 Å². The summed E-state index contributed by atoms with van der Waals surface area (Å²) in [7, 11) is -2.72. The number of nitrogens with two attached hydrogens (primary N) is 1. The highest BCUT2D eigenvalue weighted by molar-refractivity contribution is 7.89. The van der Waals surface area contributed by atoms with Gasteiger partial charge in [-0.1, -0.05) is 60.7 Å². The van der Waals surface area contributed by atoms with Gasteiger partial charge in [0.1, 0.15) is 11.3 Å². The van der Waals surface area contributed by atoms with Gasteiger partial charge in [-0.2, -0.15) is 0 Å². The third-order valence-corrected chi connectivity index (χ3v) is 6.01. The molecule has 1 amide bonds. The second kappa shape index (κ2) is 11.0. The second-order valence-electron chi connectivity index (χ2n) is 7.62. The van der Waals surface area contributed by atoms with Crippen LogP contribution in [-0.4, -0.2) is 38.4 Å². The summed E-state index contributed by atoms with van der Waals surface area (Å²) >= 11 is 0. The minimum atomic E-state index is -4.05. The number of rotatable bonds is 9. The van der Waals surface area contributed by atoms with E-state index in [0.717, 1.165) is 17.2 Å². The van der Waals surface area contributed by atoms with Gasteiger partial charge in [0.25, 0.3) is 5.91 Å². The zero-order valence-corrected chi connectivity index (χ0v) is 19.7. The van der Waals surface area contributed by atoms with Gasteiger partial charge in [0.2, 0.25) is 10.0 Å². The Balaban J connectivity index is 1.82. The summed E-state index contributed by atoms with van der Waals surface area (Å²) in [5, 5.41) is 5.17. The average molecular weight is 483 g/mol. The first-order valence-electron chi connectivity index (χ1n) is 10.5. The number of methoxy groups -OCH3 is 1. The Morgan fingerprint density at radius 2 is 1.44 bits per heavy atom. The number of sulfonamides is 1. The topological polar surface area (TPSA) is 116 Å². The van der Waals surface area contributed by atoms with Crippen molar-refractivity contribution >= 4 is 21.9 Å². The van der Waals surface area contributed by atoms with Crippen LogP contribution in [0.25, 0.3) is 0 Å². The molecule has 3 aromatic carbocycles. The van der Waals surface area contributed by atoms with E-state index in [0.29, 0.717) is 13.1 Å². The van der Waals surface area contributed by atoms with Gasteiger partial charge in [0.05, 0.1) is 12.0 Å². The van der Waals surface area contributed by atoms with Crippen LogP contribution < -0.4 is 9.88 Å². The first kappa shape index (κ1) is 24.9. The molecule has 0 saturated heterocycles. The van der Waals surface area contributed by atoms with Gasteiger partial charge >= 0.3 is 5.97 Å². The van der Waals surface area contributed by atoms with Gasteiger partial charge in [0, 0.05) is 13.1 Å². The maximum atomic E-state index is 13.3. The maximum Gasteiger partial charge on any atom is 0.342 e. The van der Waals surface area contributed by atoms with E-state index in [1.807, 2.05) is 60.7 Å². The molecule has 3 rings (SSSR count). The fourth-order valence-corrected chi connectivity index (χ4v) is 3.91. The lowest BCUT2D eigenvalue weighted by Crippen LogP contribution is -2.39. The normalized spacial score (nSPS) is 12.0. The van der Waals surface area contributed by atoms with Crippen LogP contribution in [0.1, 0.15) is 28.4 Å². The fraction of sp³-hybridized carbons (Fsp3) is 0.200. The van der Waals surface area contributed by atoms with Crippen LogP contribution in [0.3, 0.4) is 0 Å². The molecule has 0 bridgehead atoms. The van der Waals surface area contributed by atoms with Crippen LogP contribution in [0.15, 0.2) is 83.8 Å². The summed E-state index contributed by atoms with van der Waals surface area (Å²) in [6, 6.07) is 22.5. The van der Waals surface area contributed by atoms with Gasteiger partial charge in [-0.3, -0.25) is 4.79 Å². The number of amides is 1. The predicted octanol–water partition coefficient (Wildman–Crippen LogP) is 3.12. The van der Waals surface area contributed by atoms with E-state index in [-0.39, 0.29) is 16.2 Å². The van der Waals surface area contributed by atoms with Crippen molar-refractivity contribution in [2.75, 3.05) is 7.11 Å². The highest BCUT2D eigenvalue weighted by atomic mass is 32.2. The number of hydrogen-bond donors (Lipinski definition) is 1. The van der Waals surface area contributed by atoms with Crippen molar-refractivity contribution in [1.82, 2.24) is 4.90 Å². The summed E-state index contributed by atoms with van der Waals surface area (Å²) in [5.74, 6) is -1.20. The molecule has 0 aliphatic heterocycles. The molecule has 1 unspecified atom stereocenters. The van der Waals surface area contributed by atoms with Crippen molar-refractivity contribution in [2.24, 2.45) is 5.14 Å². The van der Waals surface area contributed by atoms with Crippen LogP contribution in [0.2, 0.25) is 0 Å². The van der Waals surface area contributed by atoms with Gasteiger partial charge in [-0.05, 0) is 36.2 Å². The highest BCUT2D eigenvalue weighted by Gasteiger charge is 2.27. The molecule has 178 valence electrons. The molecule has 0 heterocycles.